The lowest BCUT2D eigenvalue weighted by atomic mass is 10.1. The zero-order valence-corrected chi connectivity index (χ0v) is 14.1. The number of nitrogens with one attached hydrogen (secondary N) is 1. The molecule has 0 unspecified atom stereocenters. The predicted octanol–water partition coefficient (Wildman–Crippen LogP) is 3.21. The van der Waals surface area contributed by atoms with Crippen LogP contribution in [0.2, 0.25) is 0 Å². The largest absolute Gasteiger partial charge is 0.501 e. The molecule has 1 aliphatic heterocycles. The van der Waals surface area contributed by atoms with E-state index in [9.17, 15) is 5.26 Å². The molecule has 0 amide bonds. The number of anilines is 1. The van der Waals surface area contributed by atoms with Crippen LogP contribution in [0.15, 0.2) is 22.9 Å². The maximum absolute atomic E-state index is 9.27. The number of likely N-dealkylation sites (tertiary alicyclic amines) is 1. The molecular formula is C18H22N4O2. The number of rotatable bonds is 5. The van der Waals surface area contributed by atoms with Crippen molar-refractivity contribution in [1.29, 1.82) is 5.26 Å². The normalized spacial score (nSPS) is 16.5. The van der Waals surface area contributed by atoms with Gasteiger partial charge in [0.2, 0.25) is 5.76 Å². The summed E-state index contributed by atoms with van der Waals surface area (Å²) in [4.78, 5) is 6.76. The van der Waals surface area contributed by atoms with Crippen LogP contribution in [-0.4, -0.2) is 42.7 Å². The zero-order valence-electron chi connectivity index (χ0n) is 14.1. The minimum Gasteiger partial charge on any atom is -0.501 e. The fraction of sp³-hybridized carbons (Fsp3) is 0.444. The first-order valence-electron chi connectivity index (χ1n) is 8.27. The van der Waals surface area contributed by atoms with Gasteiger partial charge in [0, 0.05) is 17.0 Å². The van der Waals surface area contributed by atoms with E-state index < -0.39 is 0 Å². The molecule has 3 heterocycles. The summed E-state index contributed by atoms with van der Waals surface area (Å²) < 4.78 is 10.8. The van der Waals surface area contributed by atoms with E-state index in [-0.39, 0.29) is 5.76 Å². The highest BCUT2D eigenvalue weighted by atomic mass is 16.5. The van der Waals surface area contributed by atoms with Gasteiger partial charge >= 0.3 is 0 Å². The molecule has 3 rings (SSSR count). The van der Waals surface area contributed by atoms with Gasteiger partial charge in [-0.05, 0) is 52.0 Å². The van der Waals surface area contributed by atoms with E-state index >= 15 is 0 Å². The third-order valence-corrected chi connectivity index (χ3v) is 4.28. The van der Waals surface area contributed by atoms with Crippen molar-refractivity contribution in [2.24, 2.45) is 0 Å². The first kappa shape index (κ1) is 16.3. The van der Waals surface area contributed by atoms with Crippen LogP contribution in [0, 0.1) is 11.3 Å². The number of nitriles is 1. The molecule has 6 heteroatoms. The highest BCUT2D eigenvalue weighted by molar-refractivity contribution is 5.90. The topological polar surface area (TPSA) is 74.3 Å². The summed E-state index contributed by atoms with van der Waals surface area (Å²) in [6, 6.07) is 4.47. The minimum atomic E-state index is 0.277. The van der Waals surface area contributed by atoms with Crippen LogP contribution in [0.25, 0.3) is 17.0 Å². The molecule has 1 saturated heterocycles. The molecule has 2 aromatic rings. The summed E-state index contributed by atoms with van der Waals surface area (Å²) in [5, 5.41) is 13.6. The number of hydrogen-bond acceptors (Lipinski definition) is 6. The Hall–Kier alpha value is -2.52. The van der Waals surface area contributed by atoms with Crippen LogP contribution in [0.1, 0.15) is 31.1 Å². The molecule has 2 aromatic heterocycles. The molecule has 126 valence electrons. The smallest absolute Gasteiger partial charge is 0.212 e. The number of pyridine rings is 1. The highest BCUT2D eigenvalue weighted by Gasteiger charge is 2.18. The summed E-state index contributed by atoms with van der Waals surface area (Å²) in [5.74, 6) is 1.09. The molecule has 1 fully saturated rings. The van der Waals surface area contributed by atoms with Crippen LogP contribution in [0.5, 0.6) is 0 Å². The summed E-state index contributed by atoms with van der Waals surface area (Å²) >= 11 is 0. The van der Waals surface area contributed by atoms with Crippen molar-refractivity contribution in [3.63, 3.8) is 0 Å². The van der Waals surface area contributed by atoms with Crippen molar-refractivity contribution in [3.05, 3.63) is 29.8 Å². The van der Waals surface area contributed by atoms with Crippen molar-refractivity contribution in [2.75, 3.05) is 32.1 Å². The Kier molecular flexibility index (Phi) is 5.02. The van der Waals surface area contributed by atoms with Crippen LogP contribution in [0.3, 0.4) is 0 Å². The van der Waals surface area contributed by atoms with Gasteiger partial charge in [-0.1, -0.05) is 0 Å². The summed E-state index contributed by atoms with van der Waals surface area (Å²) in [7, 11) is 2.15. The Bertz CT molecular complexity index is 767. The van der Waals surface area contributed by atoms with Crippen LogP contribution in [-0.2, 0) is 4.74 Å². The van der Waals surface area contributed by atoms with Gasteiger partial charge in [0.05, 0.1) is 19.1 Å². The first-order valence-corrected chi connectivity index (χ1v) is 8.27. The molecule has 0 bridgehead atoms. The second-order valence-electron chi connectivity index (χ2n) is 6.00. The first-order chi connectivity index (χ1) is 11.7. The van der Waals surface area contributed by atoms with Crippen LogP contribution in [0.4, 0.5) is 5.82 Å². The number of hydrogen-bond donors (Lipinski definition) is 1. The average molecular weight is 326 g/mol. The summed E-state index contributed by atoms with van der Waals surface area (Å²) in [6.07, 6.45) is 7.23. The molecule has 0 atom stereocenters. The molecule has 0 aromatic carbocycles. The van der Waals surface area contributed by atoms with Crippen molar-refractivity contribution in [1.82, 2.24) is 9.88 Å². The molecule has 0 saturated carbocycles. The van der Waals surface area contributed by atoms with Crippen molar-refractivity contribution in [3.8, 4) is 6.07 Å². The Morgan fingerprint density at radius 3 is 3.00 bits per heavy atom. The number of ether oxygens (including phenoxy) is 1. The van der Waals surface area contributed by atoms with Crippen molar-refractivity contribution < 1.29 is 9.15 Å². The Morgan fingerprint density at radius 2 is 2.29 bits per heavy atom. The van der Waals surface area contributed by atoms with Gasteiger partial charge in [-0.2, -0.15) is 5.26 Å². The van der Waals surface area contributed by atoms with Gasteiger partial charge in [-0.25, -0.2) is 4.98 Å². The summed E-state index contributed by atoms with van der Waals surface area (Å²) in [5.41, 5.74) is 1.34. The van der Waals surface area contributed by atoms with Crippen LogP contribution < -0.4 is 5.32 Å². The van der Waals surface area contributed by atoms with Gasteiger partial charge in [0.25, 0.3) is 0 Å². The maximum Gasteiger partial charge on any atom is 0.212 e. The monoisotopic (exact) mass is 326 g/mol. The van der Waals surface area contributed by atoms with Gasteiger partial charge < -0.3 is 19.4 Å². The third kappa shape index (κ3) is 3.52. The van der Waals surface area contributed by atoms with E-state index in [1.165, 1.54) is 0 Å². The molecule has 0 radical (unpaired) electrons. The van der Waals surface area contributed by atoms with E-state index in [2.05, 4.69) is 28.3 Å². The van der Waals surface area contributed by atoms with Gasteiger partial charge in [0.1, 0.15) is 11.9 Å². The number of piperidine rings is 1. The van der Waals surface area contributed by atoms with E-state index in [4.69, 9.17) is 9.15 Å². The molecule has 1 aliphatic rings. The number of furan rings is 1. The third-order valence-electron chi connectivity index (χ3n) is 4.28. The van der Waals surface area contributed by atoms with Gasteiger partial charge in [-0.3, -0.25) is 0 Å². The van der Waals surface area contributed by atoms with E-state index in [0.717, 1.165) is 42.7 Å². The number of aromatic nitrogens is 1. The molecule has 0 aliphatic carbocycles. The fourth-order valence-electron chi connectivity index (χ4n) is 2.92. The summed E-state index contributed by atoms with van der Waals surface area (Å²) in [6.45, 7) is 4.67. The molecular weight excluding hydrogens is 304 g/mol. The lowest BCUT2D eigenvalue weighted by Crippen LogP contribution is -2.36. The number of fused-ring (bicyclic) bond motifs is 1. The number of nitrogens with zero attached hydrogens (tertiary/aromatic N) is 3. The molecule has 0 spiro atoms. The molecule has 1 N–H and O–H groups in total. The lowest BCUT2D eigenvalue weighted by Gasteiger charge is -2.29. The SMILES string of the molecule is CCO/C=C/c1c(C#N)oc2cnc(NC3CCN(C)CC3)cc12. The maximum atomic E-state index is 9.27. The fourth-order valence-corrected chi connectivity index (χ4v) is 2.92. The second kappa shape index (κ2) is 7.37. The molecule has 24 heavy (non-hydrogen) atoms. The van der Waals surface area contributed by atoms with E-state index in [1.807, 2.05) is 13.0 Å². The average Bonchev–Trinajstić information content (AvgIpc) is 2.94. The highest BCUT2D eigenvalue weighted by Crippen LogP contribution is 2.28. The van der Waals surface area contributed by atoms with Crippen molar-refractivity contribution in [2.45, 2.75) is 25.8 Å². The standard InChI is InChI=1S/C18H22N4O2/c1-3-23-9-6-14-15-10-18(20-12-17(15)24-16(14)11-19)21-13-4-7-22(2)8-5-13/h6,9-10,12-13H,3-5,7-8H2,1-2H3,(H,20,21)/b9-6+. The van der Waals surface area contributed by atoms with Crippen molar-refractivity contribution >= 4 is 22.9 Å². The Morgan fingerprint density at radius 1 is 1.50 bits per heavy atom. The van der Waals surface area contributed by atoms with Gasteiger partial charge in [-0.15, -0.1) is 0 Å². The minimum absolute atomic E-state index is 0.277. The van der Waals surface area contributed by atoms with Gasteiger partial charge in [0.15, 0.2) is 5.58 Å². The molecule has 6 nitrogen and oxygen atoms in total. The Balaban J connectivity index is 1.86. The van der Waals surface area contributed by atoms with Crippen LogP contribution >= 0.6 is 0 Å². The predicted molar refractivity (Wildman–Crippen MR) is 93.5 cm³/mol. The quantitative estimate of drug-likeness (QED) is 0.851. The zero-order chi connectivity index (χ0) is 16.9. The van der Waals surface area contributed by atoms with E-state index in [1.54, 1.807) is 18.5 Å². The van der Waals surface area contributed by atoms with E-state index in [0.29, 0.717) is 18.2 Å². The lowest BCUT2D eigenvalue weighted by molar-refractivity contribution is 0.263. The second-order valence-corrected chi connectivity index (χ2v) is 6.00. The Labute approximate surface area is 141 Å².